The Labute approximate surface area is 125 Å². The van der Waals surface area contributed by atoms with Gasteiger partial charge in [-0.2, -0.15) is 0 Å². The minimum absolute atomic E-state index is 0.612. The summed E-state index contributed by atoms with van der Waals surface area (Å²) in [6.45, 7) is 4.83. The summed E-state index contributed by atoms with van der Waals surface area (Å²) in [4.78, 5) is 2.32. The Kier molecular flexibility index (Phi) is 6.04. The molecule has 0 radical (unpaired) electrons. The van der Waals surface area contributed by atoms with E-state index in [-0.39, 0.29) is 0 Å². The van der Waals surface area contributed by atoms with Crippen molar-refractivity contribution >= 4 is 28.7 Å². The lowest BCUT2D eigenvalue weighted by molar-refractivity contribution is 0.122. The van der Waals surface area contributed by atoms with Crippen LogP contribution in [-0.4, -0.2) is 51.7 Å². The Morgan fingerprint density at radius 1 is 1.30 bits per heavy atom. The molecule has 6 heteroatoms. The van der Waals surface area contributed by atoms with Gasteiger partial charge in [0.05, 0.1) is 19.8 Å². The van der Waals surface area contributed by atoms with Gasteiger partial charge in [0.2, 0.25) is 0 Å². The molecule has 2 rings (SSSR count). The first kappa shape index (κ1) is 15.0. The molecule has 1 aliphatic rings. The second-order valence-corrected chi connectivity index (χ2v) is 4.93. The van der Waals surface area contributed by atoms with Crippen LogP contribution in [0.15, 0.2) is 24.3 Å². The van der Waals surface area contributed by atoms with Crippen molar-refractivity contribution in [2.45, 2.75) is 0 Å². The lowest BCUT2D eigenvalue weighted by atomic mass is 10.2. The molecule has 0 aliphatic carbocycles. The van der Waals surface area contributed by atoms with E-state index < -0.39 is 0 Å². The third-order valence-corrected chi connectivity index (χ3v) is 3.34. The molecule has 1 fully saturated rings. The fourth-order valence-corrected chi connectivity index (χ4v) is 2.24. The van der Waals surface area contributed by atoms with Gasteiger partial charge in [0.1, 0.15) is 0 Å². The molecule has 0 unspecified atom stereocenters. The Morgan fingerprint density at radius 2 is 2.00 bits per heavy atom. The van der Waals surface area contributed by atoms with E-state index in [9.17, 15) is 0 Å². The highest BCUT2D eigenvalue weighted by Gasteiger charge is 2.10. The first-order valence-corrected chi connectivity index (χ1v) is 7.17. The van der Waals surface area contributed by atoms with Crippen molar-refractivity contribution in [3.8, 4) is 0 Å². The van der Waals surface area contributed by atoms with Gasteiger partial charge in [-0.1, -0.05) is 0 Å². The molecular formula is C14H21N3O2S. The van der Waals surface area contributed by atoms with Gasteiger partial charge in [-0.05, 0) is 36.5 Å². The molecule has 5 nitrogen and oxygen atoms in total. The molecule has 1 saturated heterocycles. The predicted octanol–water partition coefficient (Wildman–Crippen LogP) is 1.46. The third kappa shape index (κ3) is 4.63. The summed E-state index contributed by atoms with van der Waals surface area (Å²) in [5, 5.41) is 6.84. The number of nitrogens with zero attached hydrogens (tertiary/aromatic N) is 1. The summed E-state index contributed by atoms with van der Waals surface area (Å²) in [5.74, 6) is 0. The quantitative estimate of drug-likeness (QED) is 0.633. The fraction of sp³-hybridized carbons (Fsp3) is 0.500. The highest BCUT2D eigenvalue weighted by atomic mass is 32.1. The van der Waals surface area contributed by atoms with Crippen LogP contribution >= 0.6 is 12.2 Å². The molecule has 20 heavy (non-hydrogen) atoms. The van der Waals surface area contributed by atoms with Gasteiger partial charge in [0, 0.05) is 38.1 Å². The first-order chi connectivity index (χ1) is 9.79. The summed E-state index contributed by atoms with van der Waals surface area (Å²) in [6, 6.07) is 8.28. The SMILES string of the molecule is COCCNC(=S)Nc1ccc(N2CCOCC2)cc1. The standard InChI is InChI=1S/C14H21N3O2S/c1-18-9-6-15-14(20)16-12-2-4-13(5-3-12)17-7-10-19-11-8-17/h2-5H,6-11H2,1H3,(H2,15,16,20). The van der Waals surface area contributed by atoms with Gasteiger partial charge in [-0.3, -0.25) is 0 Å². The number of methoxy groups -OCH3 is 1. The molecule has 1 aromatic carbocycles. The Bertz CT molecular complexity index is 419. The first-order valence-electron chi connectivity index (χ1n) is 6.76. The van der Waals surface area contributed by atoms with Crippen molar-refractivity contribution in [1.82, 2.24) is 5.32 Å². The van der Waals surface area contributed by atoms with E-state index in [1.165, 1.54) is 5.69 Å². The van der Waals surface area contributed by atoms with Crippen LogP contribution in [0.2, 0.25) is 0 Å². The maximum Gasteiger partial charge on any atom is 0.170 e. The molecule has 1 aromatic rings. The summed E-state index contributed by atoms with van der Waals surface area (Å²) < 4.78 is 10.3. The Morgan fingerprint density at radius 3 is 2.65 bits per heavy atom. The topological polar surface area (TPSA) is 45.8 Å². The second-order valence-electron chi connectivity index (χ2n) is 4.52. The number of rotatable bonds is 5. The van der Waals surface area contributed by atoms with E-state index in [0.717, 1.165) is 32.0 Å². The molecular weight excluding hydrogens is 274 g/mol. The molecule has 1 aliphatic heterocycles. The van der Waals surface area contributed by atoms with E-state index in [1.54, 1.807) is 7.11 Å². The normalized spacial score (nSPS) is 14.9. The van der Waals surface area contributed by atoms with E-state index in [4.69, 9.17) is 21.7 Å². The van der Waals surface area contributed by atoms with Gasteiger partial charge < -0.3 is 25.0 Å². The molecule has 0 aromatic heterocycles. The predicted molar refractivity (Wildman–Crippen MR) is 85.6 cm³/mol. The number of hydrogen-bond acceptors (Lipinski definition) is 4. The third-order valence-electron chi connectivity index (χ3n) is 3.09. The number of anilines is 2. The zero-order valence-corrected chi connectivity index (χ0v) is 12.5. The van der Waals surface area contributed by atoms with E-state index in [2.05, 4.69) is 27.7 Å². The second kappa shape index (κ2) is 8.04. The molecule has 110 valence electrons. The van der Waals surface area contributed by atoms with Crippen molar-refractivity contribution in [1.29, 1.82) is 0 Å². The van der Waals surface area contributed by atoms with Crippen molar-refractivity contribution in [2.75, 3.05) is 56.8 Å². The largest absolute Gasteiger partial charge is 0.383 e. The summed E-state index contributed by atoms with van der Waals surface area (Å²) in [6.07, 6.45) is 0. The average molecular weight is 295 g/mol. The zero-order valence-electron chi connectivity index (χ0n) is 11.7. The number of benzene rings is 1. The Balaban J connectivity index is 1.83. The highest BCUT2D eigenvalue weighted by molar-refractivity contribution is 7.80. The van der Waals surface area contributed by atoms with Gasteiger partial charge in [-0.25, -0.2) is 0 Å². The summed E-state index contributed by atoms with van der Waals surface area (Å²) >= 11 is 5.20. The Hall–Kier alpha value is -1.37. The van der Waals surface area contributed by atoms with Crippen molar-refractivity contribution in [3.63, 3.8) is 0 Å². The number of ether oxygens (including phenoxy) is 2. The highest BCUT2D eigenvalue weighted by Crippen LogP contribution is 2.18. The summed E-state index contributed by atoms with van der Waals surface area (Å²) in [5.41, 5.74) is 2.20. The lowest BCUT2D eigenvalue weighted by Crippen LogP contribution is -2.36. The maximum atomic E-state index is 5.35. The van der Waals surface area contributed by atoms with E-state index in [0.29, 0.717) is 18.3 Å². The van der Waals surface area contributed by atoms with Crippen LogP contribution in [0.3, 0.4) is 0 Å². The molecule has 0 atom stereocenters. The van der Waals surface area contributed by atoms with Crippen LogP contribution in [0, 0.1) is 0 Å². The molecule has 0 saturated carbocycles. The minimum Gasteiger partial charge on any atom is -0.383 e. The maximum absolute atomic E-state index is 5.35. The molecule has 2 N–H and O–H groups in total. The molecule has 0 spiro atoms. The monoisotopic (exact) mass is 295 g/mol. The lowest BCUT2D eigenvalue weighted by Gasteiger charge is -2.29. The van der Waals surface area contributed by atoms with Crippen LogP contribution in [0.4, 0.5) is 11.4 Å². The van der Waals surface area contributed by atoms with E-state index in [1.807, 2.05) is 12.1 Å². The van der Waals surface area contributed by atoms with Crippen LogP contribution in [0.1, 0.15) is 0 Å². The van der Waals surface area contributed by atoms with Gasteiger partial charge in [0.25, 0.3) is 0 Å². The molecule has 1 heterocycles. The molecule has 0 bridgehead atoms. The minimum atomic E-state index is 0.612. The number of nitrogens with one attached hydrogen (secondary N) is 2. The van der Waals surface area contributed by atoms with Crippen molar-refractivity contribution in [2.24, 2.45) is 0 Å². The average Bonchev–Trinajstić information content (AvgIpc) is 2.49. The van der Waals surface area contributed by atoms with Crippen LogP contribution in [-0.2, 0) is 9.47 Å². The smallest absolute Gasteiger partial charge is 0.170 e. The van der Waals surface area contributed by atoms with Gasteiger partial charge >= 0.3 is 0 Å². The fourth-order valence-electron chi connectivity index (χ4n) is 2.02. The van der Waals surface area contributed by atoms with Gasteiger partial charge in [0.15, 0.2) is 5.11 Å². The van der Waals surface area contributed by atoms with Crippen LogP contribution in [0.5, 0.6) is 0 Å². The van der Waals surface area contributed by atoms with E-state index >= 15 is 0 Å². The zero-order chi connectivity index (χ0) is 14.2. The summed E-state index contributed by atoms with van der Waals surface area (Å²) in [7, 11) is 1.67. The molecule has 0 amide bonds. The number of thiocarbonyl (C=S) groups is 1. The van der Waals surface area contributed by atoms with Crippen molar-refractivity contribution < 1.29 is 9.47 Å². The van der Waals surface area contributed by atoms with Crippen molar-refractivity contribution in [3.05, 3.63) is 24.3 Å². The van der Waals surface area contributed by atoms with Gasteiger partial charge in [-0.15, -0.1) is 0 Å². The van der Waals surface area contributed by atoms with Crippen LogP contribution in [0.25, 0.3) is 0 Å². The van der Waals surface area contributed by atoms with Crippen LogP contribution < -0.4 is 15.5 Å². The number of morpholine rings is 1. The number of hydrogen-bond donors (Lipinski definition) is 2.